The molecule has 1 atom stereocenters. The van der Waals surface area contributed by atoms with E-state index in [-0.39, 0.29) is 0 Å². The molecule has 3 nitrogen and oxygen atoms in total. The predicted octanol–water partition coefficient (Wildman–Crippen LogP) is 1.93. The summed E-state index contributed by atoms with van der Waals surface area (Å²) in [7, 11) is 3.70. The van der Waals surface area contributed by atoms with E-state index in [1.165, 1.54) is 0 Å². The summed E-state index contributed by atoms with van der Waals surface area (Å²) in [6.07, 6.45) is 0. The number of hydrogen-bond donors (Lipinski definition) is 0. The molecular weight excluding hydrogens is 279 g/mol. The van der Waals surface area contributed by atoms with E-state index in [4.69, 9.17) is 3.73 Å². The van der Waals surface area contributed by atoms with E-state index in [0.717, 1.165) is 28.9 Å². The SMILES string of the molecule is Cc1cc(C)nc(S[As]2OCCS2)n1. The van der Waals surface area contributed by atoms with Crippen LogP contribution in [-0.2, 0) is 3.73 Å². The molecule has 1 fully saturated rings. The monoisotopic (exact) mass is 290 g/mol. The molecular formula is C8H11AsN2OS2. The van der Waals surface area contributed by atoms with Crippen molar-refractivity contribution in [2.75, 3.05) is 12.4 Å². The molecule has 2 heterocycles. The van der Waals surface area contributed by atoms with Crippen LogP contribution in [0.15, 0.2) is 11.2 Å². The summed E-state index contributed by atoms with van der Waals surface area (Å²) >= 11 is -1.21. The summed E-state index contributed by atoms with van der Waals surface area (Å²) in [6.45, 7) is 4.91. The molecule has 0 amide bonds. The van der Waals surface area contributed by atoms with Gasteiger partial charge in [0, 0.05) is 0 Å². The normalized spacial score (nSPS) is 21.4. The molecule has 76 valence electrons. The Morgan fingerprint density at radius 3 is 2.71 bits per heavy atom. The standard InChI is InChI=1S/C8H11AsN2OS2/c1-6-5-7(2)11-8(10-6)14-9-12-3-4-13-9/h5H,3-4H2,1-2H3. The molecule has 0 aromatic carbocycles. The van der Waals surface area contributed by atoms with Crippen molar-refractivity contribution in [2.45, 2.75) is 19.0 Å². The van der Waals surface area contributed by atoms with Gasteiger partial charge in [-0.15, -0.1) is 0 Å². The van der Waals surface area contributed by atoms with Gasteiger partial charge in [0.15, 0.2) is 0 Å². The van der Waals surface area contributed by atoms with Gasteiger partial charge in [-0.2, -0.15) is 0 Å². The molecule has 2 rings (SSSR count). The van der Waals surface area contributed by atoms with Gasteiger partial charge in [-0.05, 0) is 0 Å². The third-order valence-electron chi connectivity index (χ3n) is 1.59. The van der Waals surface area contributed by atoms with E-state index < -0.39 is 12.7 Å². The molecule has 0 N–H and O–H groups in total. The molecule has 14 heavy (non-hydrogen) atoms. The number of hydrogen-bond acceptors (Lipinski definition) is 5. The molecule has 1 aliphatic heterocycles. The summed E-state index contributed by atoms with van der Waals surface area (Å²) in [5.41, 5.74) is 2.08. The Labute approximate surface area is 95.0 Å². The van der Waals surface area contributed by atoms with Crippen LogP contribution in [0.3, 0.4) is 0 Å². The van der Waals surface area contributed by atoms with Crippen LogP contribution in [0, 0.1) is 13.8 Å². The third kappa shape index (κ3) is 2.89. The zero-order valence-corrected chi connectivity index (χ0v) is 11.6. The second kappa shape index (κ2) is 4.88. The van der Waals surface area contributed by atoms with E-state index in [9.17, 15) is 0 Å². The topological polar surface area (TPSA) is 35.0 Å². The van der Waals surface area contributed by atoms with Crippen molar-refractivity contribution < 1.29 is 3.73 Å². The second-order valence-corrected chi connectivity index (χ2v) is 13.0. The summed E-state index contributed by atoms with van der Waals surface area (Å²) < 4.78 is 5.63. The van der Waals surface area contributed by atoms with Crippen LogP contribution < -0.4 is 0 Å². The van der Waals surface area contributed by atoms with Crippen molar-refractivity contribution in [2.24, 2.45) is 0 Å². The Bertz CT molecular complexity index is 311. The predicted molar refractivity (Wildman–Crippen MR) is 61.5 cm³/mol. The fourth-order valence-electron chi connectivity index (χ4n) is 1.11. The van der Waals surface area contributed by atoms with E-state index in [0.29, 0.717) is 0 Å². The first-order chi connectivity index (χ1) is 6.74. The molecule has 1 unspecified atom stereocenters. The Hall–Kier alpha value is 0.298. The minimum absolute atomic E-state index is 0.886. The second-order valence-electron chi connectivity index (χ2n) is 2.91. The first kappa shape index (κ1) is 10.8. The molecule has 1 aromatic rings. The van der Waals surface area contributed by atoms with Crippen molar-refractivity contribution in [1.29, 1.82) is 0 Å². The average Bonchev–Trinajstić information content (AvgIpc) is 2.54. The number of rotatable bonds is 2. The van der Waals surface area contributed by atoms with Crippen LogP contribution >= 0.6 is 20.0 Å². The van der Waals surface area contributed by atoms with Crippen molar-refractivity contribution in [3.63, 3.8) is 0 Å². The maximum atomic E-state index is 5.63. The first-order valence-electron chi connectivity index (χ1n) is 4.30. The molecule has 1 aromatic heterocycles. The molecule has 0 saturated carbocycles. The molecule has 0 radical (unpaired) electrons. The van der Waals surface area contributed by atoms with Crippen LogP contribution in [-0.4, -0.2) is 35.0 Å². The number of aryl methyl sites for hydroxylation is 2. The van der Waals surface area contributed by atoms with Crippen molar-refractivity contribution >= 4 is 32.7 Å². The Balaban J connectivity index is 2.07. The fraction of sp³-hybridized carbons (Fsp3) is 0.500. The van der Waals surface area contributed by atoms with E-state index in [1.54, 1.807) is 10.0 Å². The van der Waals surface area contributed by atoms with Crippen LogP contribution in [0.25, 0.3) is 0 Å². The van der Waals surface area contributed by atoms with Gasteiger partial charge >= 0.3 is 95.2 Å². The summed E-state index contributed by atoms with van der Waals surface area (Å²) in [6, 6.07) is 2.00. The average molecular weight is 290 g/mol. The van der Waals surface area contributed by atoms with Gasteiger partial charge in [0.05, 0.1) is 0 Å². The van der Waals surface area contributed by atoms with Crippen LogP contribution in [0.5, 0.6) is 0 Å². The zero-order chi connectivity index (χ0) is 9.97. The van der Waals surface area contributed by atoms with E-state index >= 15 is 0 Å². The molecule has 1 aliphatic rings. The molecule has 0 spiro atoms. The van der Waals surface area contributed by atoms with Gasteiger partial charge in [0.2, 0.25) is 0 Å². The first-order valence-corrected chi connectivity index (χ1v) is 11.4. The summed E-state index contributed by atoms with van der Waals surface area (Å²) in [5, 5.41) is 0.886. The molecule has 1 saturated heterocycles. The van der Waals surface area contributed by atoms with E-state index in [2.05, 4.69) is 9.97 Å². The van der Waals surface area contributed by atoms with Gasteiger partial charge in [0.1, 0.15) is 0 Å². The maximum absolute atomic E-state index is 5.63. The van der Waals surface area contributed by atoms with Gasteiger partial charge in [-0.3, -0.25) is 0 Å². The molecule has 0 bridgehead atoms. The summed E-state index contributed by atoms with van der Waals surface area (Å²) in [4.78, 5) is 8.78. The number of nitrogens with zero attached hydrogens (tertiary/aromatic N) is 2. The Morgan fingerprint density at radius 1 is 1.43 bits per heavy atom. The fourth-order valence-corrected chi connectivity index (χ4v) is 10.6. The van der Waals surface area contributed by atoms with E-state index in [1.807, 2.05) is 29.9 Å². The van der Waals surface area contributed by atoms with Crippen LogP contribution in [0.4, 0.5) is 0 Å². The van der Waals surface area contributed by atoms with Crippen molar-refractivity contribution in [3.8, 4) is 0 Å². The third-order valence-corrected chi connectivity index (χ3v) is 11.8. The Morgan fingerprint density at radius 2 is 2.14 bits per heavy atom. The van der Waals surface area contributed by atoms with Gasteiger partial charge in [-0.25, -0.2) is 0 Å². The van der Waals surface area contributed by atoms with Gasteiger partial charge in [0.25, 0.3) is 0 Å². The minimum atomic E-state index is -1.21. The Kier molecular flexibility index (Phi) is 3.77. The van der Waals surface area contributed by atoms with Crippen LogP contribution in [0.1, 0.15) is 11.4 Å². The van der Waals surface area contributed by atoms with Crippen molar-refractivity contribution in [1.82, 2.24) is 9.97 Å². The quantitative estimate of drug-likeness (QED) is 0.614. The summed E-state index contributed by atoms with van der Waals surface area (Å²) in [5.74, 6) is 1.14. The molecule has 0 aliphatic carbocycles. The number of aromatic nitrogens is 2. The van der Waals surface area contributed by atoms with Gasteiger partial charge < -0.3 is 0 Å². The van der Waals surface area contributed by atoms with Crippen LogP contribution in [0.2, 0.25) is 0 Å². The zero-order valence-electron chi connectivity index (χ0n) is 8.06. The molecule has 6 heteroatoms. The van der Waals surface area contributed by atoms with Crippen molar-refractivity contribution in [3.05, 3.63) is 17.5 Å². The van der Waals surface area contributed by atoms with Gasteiger partial charge in [-0.1, -0.05) is 0 Å².